The van der Waals surface area contributed by atoms with Crippen molar-refractivity contribution in [3.05, 3.63) is 29.6 Å². The number of aromatic carboxylic acids is 1. The Bertz CT molecular complexity index is 459. The highest BCUT2D eigenvalue weighted by atomic mass is 19.1. The molecule has 0 aliphatic carbocycles. The molecule has 0 spiro atoms. The van der Waals surface area contributed by atoms with Gasteiger partial charge in [0.25, 0.3) is 0 Å². The van der Waals surface area contributed by atoms with Crippen molar-refractivity contribution in [3.8, 4) is 0 Å². The standard InChI is InChI=1S/C12H15FN2O3/c1-2-7(6-14)11(16)15-10-5-8(12(17)18)3-4-9(10)13/h3-5,7H,2,6,14H2,1H3,(H,15,16)(H,17,18). The first-order chi connectivity index (χ1) is 8.49. The lowest BCUT2D eigenvalue weighted by molar-refractivity contribution is -0.119. The average Bonchev–Trinajstić information content (AvgIpc) is 2.33. The van der Waals surface area contributed by atoms with Gasteiger partial charge >= 0.3 is 5.97 Å². The summed E-state index contributed by atoms with van der Waals surface area (Å²) in [5, 5.41) is 11.1. The Morgan fingerprint density at radius 2 is 2.17 bits per heavy atom. The van der Waals surface area contributed by atoms with E-state index in [1.807, 2.05) is 0 Å². The summed E-state index contributed by atoms with van der Waals surface area (Å²) in [7, 11) is 0. The Kier molecular flexibility index (Phi) is 4.79. The zero-order valence-corrected chi connectivity index (χ0v) is 9.94. The first-order valence-corrected chi connectivity index (χ1v) is 5.53. The van der Waals surface area contributed by atoms with E-state index < -0.39 is 23.6 Å². The molecule has 1 unspecified atom stereocenters. The maximum atomic E-state index is 13.4. The molecule has 1 atom stereocenters. The van der Waals surface area contributed by atoms with E-state index in [0.29, 0.717) is 6.42 Å². The summed E-state index contributed by atoms with van der Waals surface area (Å²) >= 11 is 0. The predicted molar refractivity (Wildman–Crippen MR) is 64.8 cm³/mol. The number of hydrogen-bond donors (Lipinski definition) is 3. The number of rotatable bonds is 5. The van der Waals surface area contributed by atoms with Crippen LogP contribution in [0.25, 0.3) is 0 Å². The van der Waals surface area contributed by atoms with Crippen LogP contribution in [0.4, 0.5) is 10.1 Å². The quantitative estimate of drug-likeness (QED) is 0.741. The number of carboxylic acid groups (broad SMARTS) is 1. The van der Waals surface area contributed by atoms with Crippen LogP contribution < -0.4 is 11.1 Å². The number of carboxylic acids is 1. The van der Waals surface area contributed by atoms with Crippen LogP contribution in [0.2, 0.25) is 0 Å². The minimum Gasteiger partial charge on any atom is -0.478 e. The van der Waals surface area contributed by atoms with Crippen LogP contribution in [0.3, 0.4) is 0 Å². The minimum absolute atomic E-state index is 0.0903. The van der Waals surface area contributed by atoms with Gasteiger partial charge in [0.15, 0.2) is 0 Å². The maximum absolute atomic E-state index is 13.4. The summed E-state index contributed by atoms with van der Waals surface area (Å²) in [4.78, 5) is 22.4. The lowest BCUT2D eigenvalue weighted by Crippen LogP contribution is -2.29. The fourth-order valence-corrected chi connectivity index (χ4v) is 1.45. The zero-order chi connectivity index (χ0) is 13.7. The number of carbonyl (C=O) groups is 2. The van der Waals surface area contributed by atoms with Crippen molar-refractivity contribution >= 4 is 17.6 Å². The largest absolute Gasteiger partial charge is 0.478 e. The first kappa shape index (κ1) is 14.1. The van der Waals surface area contributed by atoms with E-state index in [2.05, 4.69) is 5.32 Å². The molecule has 18 heavy (non-hydrogen) atoms. The lowest BCUT2D eigenvalue weighted by Gasteiger charge is -2.13. The number of benzene rings is 1. The molecule has 1 aromatic carbocycles. The van der Waals surface area contributed by atoms with E-state index in [4.69, 9.17) is 10.8 Å². The molecule has 6 heteroatoms. The van der Waals surface area contributed by atoms with Gasteiger partial charge in [0.2, 0.25) is 5.91 Å². The van der Waals surface area contributed by atoms with Crippen LogP contribution in [-0.2, 0) is 4.79 Å². The van der Waals surface area contributed by atoms with Gasteiger partial charge in [-0.1, -0.05) is 6.92 Å². The Hall–Kier alpha value is -1.95. The van der Waals surface area contributed by atoms with Crippen molar-refractivity contribution in [2.45, 2.75) is 13.3 Å². The maximum Gasteiger partial charge on any atom is 0.335 e. The van der Waals surface area contributed by atoms with Crippen LogP contribution in [0.5, 0.6) is 0 Å². The van der Waals surface area contributed by atoms with Gasteiger partial charge < -0.3 is 16.2 Å². The third-order valence-electron chi connectivity index (χ3n) is 2.62. The number of nitrogens with two attached hydrogens (primary N) is 1. The topological polar surface area (TPSA) is 92.4 Å². The third kappa shape index (κ3) is 3.27. The molecule has 0 heterocycles. The number of amides is 1. The fourth-order valence-electron chi connectivity index (χ4n) is 1.45. The van der Waals surface area contributed by atoms with Crippen molar-refractivity contribution in [2.24, 2.45) is 11.7 Å². The van der Waals surface area contributed by atoms with Crippen molar-refractivity contribution in [2.75, 3.05) is 11.9 Å². The molecule has 0 saturated carbocycles. The van der Waals surface area contributed by atoms with Crippen LogP contribution in [0.15, 0.2) is 18.2 Å². The second kappa shape index (κ2) is 6.11. The number of nitrogens with one attached hydrogen (secondary N) is 1. The summed E-state index contributed by atoms with van der Waals surface area (Å²) in [6.45, 7) is 1.95. The number of anilines is 1. The molecule has 98 valence electrons. The fraction of sp³-hybridized carbons (Fsp3) is 0.333. The van der Waals surface area contributed by atoms with E-state index in [-0.39, 0.29) is 17.8 Å². The van der Waals surface area contributed by atoms with Crippen LogP contribution in [-0.4, -0.2) is 23.5 Å². The Balaban J connectivity index is 2.93. The van der Waals surface area contributed by atoms with E-state index in [0.717, 1.165) is 18.2 Å². The van der Waals surface area contributed by atoms with E-state index >= 15 is 0 Å². The highest BCUT2D eigenvalue weighted by molar-refractivity contribution is 5.95. The van der Waals surface area contributed by atoms with E-state index in [9.17, 15) is 14.0 Å². The Labute approximate surface area is 104 Å². The SMILES string of the molecule is CCC(CN)C(=O)Nc1cc(C(=O)O)ccc1F. The number of halogens is 1. The van der Waals surface area contributed by atoms with E-state index in [1.165, 1.54) is 0 Å². The molecule has 1 aromatic rings. The minimum atomic E-state index is -1.18. The van der Waals surface area contributed by atoms with Crippen molar-refractivity contribution in [3.63, 3.8) is 0 Å². The number of hydrogen-bond acceptors (Lipinski definition) is 3. The zero-order valence-electron chi connectivity index (χ0n) is 9.94. The van der Waals surface area contributed by atoms with Gasteiger partial charge in [-0.05, 0) is 24.6 Å². The molecule has 0 bridgehead atoms. The number of carbonyl (C=O) groups excluding carboxylic acids is 1. The van der Waals surface area contributed by atoms with Crippen LogP contribution in [0.1, 0.15) is 23.7 Å². The van der Waals surface area contributed by atoms with E-state index in [1.54, 1.807) is 6.92 Å². The Morgan fingerprint density at radius 1 is 1.50 bits per heavy atom. The normalized spacial score (nSPS) is 11.9. The predicted octanol–water partition coefficient (Wildman–Crippen LogP) is 1.45. The second-order valence-electron chi connectivity index (χ2n) is 3.83. The molecule has 5 nitrogen and oxygen atoms in total. The lowest BCUT2D eigenvalue weighted by atomic mass is 10.1. The van der Waals surface area contributed by atoms with Gasteiger partial charge in [0, 0.05) is 6.54 Å². The van der Waals surface area contributed by atoms with Crippen molar-refractivity contribution in [1.82, 2.24) is 0 Å². The van der Waals surface area contributed by atoms with Gasteiger partial charge in [0.05, 0.1) is 17.2 Å². The van der Waals surface area contributed by atoms with Crippen LogP contribution >= 0.6 is 0 Å². The van der Waals surface area contributed by atoms with Gasteiger partial charge in [0.1, 0.15) is 5.82 Å². The van der Waals surface area contributed by atoms with Gasteiger partial charge in [-0.2, -0.15) is 0 Å². The van der Waals surface area contributed by atoms with Gasteiger partial charge in [-0.3, -0.25) is 4.79 Å². The van der Waals surface area contributed by atoms with Crippen molar-refractivity contribution < 1.29 is 19.1 Å². The molecule has 1 amide bonds. The smallest absolute Gasteiger partial charge is 0.335 e. The Morgan fingerprint density at radius 3 is 2.67 bits per heavy atom. The molecular formula is C12H15FN2O3. The summed E-state index contributed by atoms with van der Waals surface area (Å²) < 4.78 is 13.4. The summed E-state index contributed by atoms with van der Waals surface area (Å²) in [6.07, 6.45) is 0.530. The molecule has 0 aliphatic heterocycles. The summed E-state index contributed by atoms with van der Waals surface area (Å²) in [5.41, 5.74) is 5.17. The molecule has 4 N–H and O–H groups in total. The molecule has 0 saturated heterocycles. The van der Waals surface area contributed by atoms with Crippen molar-refractivity contribution in [1.29, 1.82) is 0 Å². The molecular weight excluding hydrogens is 239 g/mol. The summed E-state index contributed by atoms with van der Waals surface area (Å²) in [6, 6.07) is 3.22. The highest BCUT2D eigenvalue weighted by Crippen LogP contribution is 2.17. The second-order valence-corrected chi connectivity index (χ2v) is 3.83. The molecule has 1 rings (SSSR count). The average molecular weight is 254 g/mol. The summed E-state index contributed by atoms with van der Waals surface area (Å²) in [5.74, 6) is -2.70. The highest BCUT2D eigenvalue weighted by Gasteiger charge is 2.17. The molecule has 0 aliphatic rings. The molecule has 0 fully saturated rings. The monoisotopic (exact) mass is 254 g/mol. The first-order valence-electron chi connectivity index (χ1n) is 5.53. The van der Waals surface area contributed by atoms with Gasteiger partial charge in [-0.25, -0.2) is 9.18 Å². The third-order valence-corrected chi connectivity index (χ3v) is 2.62. The van der Waals surface area contributed by atoms with Gasteiger partial charge in [-0.15, -0.1) is 0 Å². The van der Waals surface area contributed by atoms with Crippen LogP contribution in [0, 0.1) is 11.7 Å². The molecule has 0 aromatic heterocycles. The molecule has 0 radical (unpaired) electrons.